The first-order valence-corrected chi connectivity index (χ1v) is 0.671. The molecule has 4 heavy (non-hydrogen) atoms. The highest BCUT2D eigenvalue weighted by molar-refractivity contribution is 3.74. The van der Waals surface area contributed by atoms with Gasteiger partial charge in [-0.3, -0.25) is 0 Å². The van der Waals surface area contributed by atoms with Crippen molar-refractivity contribution < 1.29 is 0 Å². The molecule has 0 aromatic carbocycles. The normalized spacial score (nSPS) is 5.25. The number of hydrogen-bond donors (Lipinski definition) is 2. The van der Waals surface area contributed by atoms with Crippen molar-refractivity contribution in [1.82, 2.24) is 11.4 Å². The van der Waals surface area contributed by atoms with Crippen LogP contribution in [0.1, 0.15) is 0 Å². The first-order chi connectivity index (χ1) is 1.91. The highest BCUT2D eigenvalue weighted by Crippen LogP contribution is 1.29. The fourth-order valence-electron chi connectivity index (χ4n) is 0. The molecule has 0 saturated heterocycles. The van der Waals surface area contributed by atoms with E-state index < -0.39 is 0 Å². The average Bonchev–Trinajstić information content (AvgIpc) is 1.37. The molecule has 2 N–H and O–H groups in total. The quantitative estimate of drug-likeness (QED) is 0.310. The zero-order valence-corrected chi connectivity index (χ0v) is 1.89. The van der Waals surface area contributed by atoms with Gasteiger partial charge in [0.2, 0.25) is 0 Å². The van der Waals surface area contributed by atoms with Crippen LogP contribution in [0, 0.1) is 5.53 Å². The Balaban J connectivity index is 2.30. The van der Waals surface area contributed by atoms with Crippen LogP contribution in [0.15, 0.2) is 5.22 Å². The van der Waals surface area contributed by atoms with Crippen LogP contribution >= 0.6 is 0 Å². The van der Waals surface area contributed by atoms with Crippen LogP contribution in [-0.4, -0.2) is 0 Å². The Morgan fingerprint density at radius 1 is 2.00 bits per heavy atom. The predicted octanol–water partition coefficient (Wildman–Crippen LogP) is -0.494. The summed E-state index contributed by atoms with van der Waals surface area (Å²) in [6.07, 6.45) is 0. The van der Waals surface area contributed by atoms with Crippen LogP contribution in [0.3, 0.4) is 0 Å². The Morgan fingerprint density at radius 2 is 2.25 bits per heavy atom. The maximum absolute atomic E-state index is 7.27. The van der Waals surface area contributed by atoms with E-state index in [0.717, 1.165) is 0 Å². The molecule has 0 fully saturated rings. The van der Waals surface area contributed by atoms with Crippen molar-refractivity contribution in [3.8, 4) is 0 Å². The minimum Gasteiger partial charge on any atom is -0.188 e. The summed E-state index contributed by atoms with van der Waals surface area (Å²) in [6.45, 7) is 0. The largest absolute Gasteiger partial charge is 0.188 e. The lowest BCUT2D eigenvalue weighted by Gasteiger charge is -1.62. The molecule has 0 amide bonds. The van der Waals surface area contributed by atoms with E-state index in [4.69, 9.17) is 11.4 Å². The highest BCUT2D eigenvalue weighted by Gasteiger charge is 1.40. The van der Waals surface area contributed by atoms with Gasteiger partial charge in [-0.15, -0.1) is 0 Å². The summed E-state index contributed by atoms with van der Waals surface area (Å²) in [7, 11) is 0. The molecule has 0 aromatic rings. The summed E-state index contributed by atoms with van der Waals surface area (Å²) in [6, 6.07) is 0. The number of rotatable bonds is 1. The molecule has 0 rings (SSSR count). The van der Waals surface area contributed by atoms with Gasteiger partial charge >= 0.3 is 0 Å². The Morgan fingerprint density at radius 3 is 2.25 bits per heavy atom. The van der Waals surface area contributed by atoms with Crippen LogP contribution in [-0.2, 0) is 0 Å². The molecule has 0 aromatic heterocycles. The van der Waals surface area contributed by atoms with E-state index in [1.807, 2.05) is 0 Å². The highest BCUT2D eigenvalue weighted by atomic mass is 15.5. The van der Waals surface area contributed by atoms with Crippen LogP contribution in [0.2, 0.25) is 0 Å². The molecule has 4 heteroatoms. The average molecular weight is 58.0 g/mol. The molecule has 2 radical (unpaired) electrons. The molecular formula is H2N4. The van der Waals surface area contributed by atoms with Crippen molar-refractivity contribution in [1.29, 1.82) is 5.53 Å². The zero-order valence-electron chi connectivity index (χ0n) is 1.89. The fraction of sp³-hybridized carbons (Fsp3) is 0. The van der Waals surface area contributed by atoms with Crippen molar-refractivity contribution in [2.24, 2.45) is 5.22 Å². The zero-order chi connectivity index (χ0) is 3.41. The number of nitrogens with one attached hydrogen (secondary N) is 2. The monoisotopic (exact) mass is 58.0 g/mol. The second kappa shape index (κ2) is 2.36. The van der Waals surface area contributed by atoms with Crippen LogP contribution in [0.5, 0.6) is 0 Å². The molecule has 0 saturated carbocycles. The van der Waals surface area contributed by atoms with E-state index in [1.165, 1.54) is 5.53 Å². The first-order valence-electron chi connectivity index (χ1n) is 0.671. The minimum absolute atomic E-state index is 1.22. The van der Waals surface area contributed by atoms with Crippen molar-refractivity contribution in [2.75, 3.05) is 0 Å². The first kappa shape index (κ1) is 3.36. The van der Waals surface area contributed by atoms with Gasteiger partial charge in [0.05, 0.1) is 0 Å². The summed E-state index contributed by atoms with van der Waals surface area (Å²) >= 11 is 0. The Kier molecular flexibility index (Phi) is 1.98. The van der Waals surface area contributed by atoms with Crippen molar-refractivity contribution >= 4 is 0 Å². The minimum atomic E-state index is 1.22. The summed E-state index contributed by atoms with van der Waals surface area (Å²) in [4.78, 5) is 0. The molecule has 0 aliphatic heterocycles. The molecule has 0 aliphatic carbocycles. The second-order valence-electron chi connectivity index (χ2n) is 0.212. The second-order valence-corrected chi connectivity index (χ2v) is 0.212. The molecule has 0 bridgehead atoms. The summed E-state index contributed by atoms with van der Waals surface area (Å²) in [5, 5.41) is 2.29. The summed E-state index contributed by atoms with van der Waals surface area (Å²) in [5.41, 5.74) is 6.94. The standard InChI is InChI=1S/H2N4/c1-3-4-2/h(H2,1,4). The van der Waals surface area contributed by atoms with E-state index >= 15 is 0 Å². The van der Waals surface area contributed by atoms with Gasteiger partial charge in [0.1, 0.15) is 0 Å². The van der Waals surface area contributed by atoms with Gasteiger partial charge in [-0.05, 0) is 0 Å². The fourth-order valence-corrected chi connectivity index (χ4v) is 0. The van der Waals surface area contributed by atoms with Gasteiger partial charge < -0.3 is 0 Å². The van der Waals surface area contributed by atoms with Gasteiger partial charge in [-0.2, -0.15) is 11.1 Å². The Bertz CT molecular complexity index is 14.0. The molecule has 0 unspecified atom stereocenters. The molecule has 0 aliphatic rings. The van der Waals surface area contributed by atoms with Gasteiger partial charge in [-0.1, -0.05) is 5.22 Å². The molecule has 0 atom stereocenters. The van der Waals surface area contributed by atoms with Gasteiger partial charge in [0.15, 0.2) is 0 Å². The number of hydrogen-bond acceptors (Lipinski definition) is 2. The van der Waals surface area contributed by atoms with E-state index in [9.17, 15) is 0 Å². The third kappa shape index (κ3) is 1.36. The Labute approximate surface area is 23.4 Å². The van der Waals surface area contributed by atoms with Crippen LogP contribution in [0.4, 0.5) is 0 Å². The topological polar surface area (TPSA) is 70.5 Å². The van der Waals surface area contributed by atoms with Crippen molar-refractivity contribution in [2.45, 2.75) is 0 Å². The third-order valence-electron chi connectivity index (χ3n) is 0.0500. The lowest BCUT2D eigenvalue weighted by Crippen LogP contribution is -1.93. The van der Waals surface area contributed by atoms with Gasteiger partial charge in [0, 0.05) is 5.84 Å². The predicted molar refractivity (Wildman–Crippen MR) is 10.4 cm³/mol. The molecule has 22 valence electrons. The van der Waals surface area contributed by atoms with Crippen molar-refractivity contribution in [3.05, 3.63) is 0 Å². The third-order valence-corrected chi connectivity index (χ3v) is 0.0500. The maximum Gasteiger partial charge on any atom is 0.0109 e. The van der Waals surface area contributed by atoms with Gasteiger partial charge in [-0.25, -0.2) is 0 Å². The molecular weight excluding hydrogens is 56.0 g/mol. The molecule has 4 nitrogen and oxygen atoms in total. The maximum atomic E-state index is 7.27. The lowest BCUT2D eigenvalue weighted by atomic mass is 12.5. The van der Waals surface area contributed by atoms with Gasteiger partial charge in [0.25, 0.3) is 0 Å². The molecule has 0 heterocycles. The summed E-state index contributed by atoms with van der Waals surface area (Å²) < 4.78 is 0. The van der Waals surface area contributed by atoms with E-state index in [-0.39, 0.29) is 0 Å². The van der Waals surface area contributed by atoms with E-state index in [1.54, 1.807) is 0 Å². The Hall–Kier alpha value is -0.640. The summed E-state index contributed by atoms with van der Waals surface area (Å²) in [5.74, 6) is 7.27. The van der Waals surface area contributed by atoms with E-state index in [2.05, 4.69) is 5.22 Å². The van der Waals surface area contributed by atoms with Crippen LogP contribution < -0.4 is 11.4 Å². The van der Waals surface area contributed by atoms with Crippen LogP contribution in [0.25, 0.3) is 0 Å². The molecule has 0 spiro atoms. The SMILES string of the molecule is [N]NN=N. The van der Waals surface area contributed by atoms with E-state index in [0.29, 0.717) is 0 Å². The van der Waals surface area contributed by atoms with Crippen molar-refractivity contribution in [3.63, 3.8) is 0 Å². The lowest BCUT2D eigenvalue weighted by molar-refractivity contribution is 0.692. The number of nitrogens with zero attached hydrogens (tertiary/aromatic N) is 2. The smallest absolute Gasteiger partial charge is 0.0109 e.